The van der Waals surface area contributed by atoms with Gasteiger partial charge in [-0.05, 0) is 42.5 Å². The molecule has 0 saturated carbocycles. The number of amides is 2. The summed E-state index contributed by atoms with van der Waals surface area (Å²) in [5.41, 5.74) is 0.497. The molecule has 0 aliphatic rings. The molecule has 0 saturated heterocycles. The Hall–Kier alpha value is -3.78. The van der Waals surface area contributed by atoms with E-state index in [-0.39, 0.29) is 17.3 Å². The van der Waals surface area contributed by atoms with E-state index < -0.39 is 12.0 Å². The minimum atomic E-state index is -0.655. The summed E-state index contributed by atoms with van der Waals surface area (Å²) >= 11 is 5.89. The van der Waals surface area contributed by atoms with Gasteiger partial charge in [0, 0.05) is 29.9 Å². The van der Waals surface area contributed by atoms with Crippen LogP contribution in [0, 0.1) is 0 Å². The first kappa shape index (κ1) is 20.0. The van der Waals surface area contributed by atoms with Crippen molar-refractivity contribution in [1.29, 1.82) is 0 Å². The Labute approximate surface area is 171 Å². The quantitative estimate of drug-likeness (QED) is 0.540. The van der Waals surface area contributed by atoms with E-state index in [4.69, 9.17) is 21.1 Å². The Morgan fingerprint density at radius 3 is 2.66 bits per heavy atom. The summed E-state index contributed by atoms with van der Waals surface area (Å²) in [4.78, 5) is 27.7. The van der Waals surface area contributed by atoms with E-state index in [1.165, 1.54) is 43.6 Å². The maximum atomic E-state index is 12.5. The fourth-order valence-electron chi connectivity index (χ4n) is 2.30. The zero-order chi connectivity index (χ0) is 20.8. The van der Waals surface area contributed by atoms with Gasteiger partial charge in [-0.3, -0.25) is 4.79 Å². The second-order valence-corrected chi connectivity index (χ2v) is 6.15. The summed E-state index contributed by atoms with van der Waals surface area (Å²) < 4.78 is 10.7. The number of pyridine rings is 1. The lowest BCUT2D eigenvalue weighted by molar-refractivity contribution is 0.102. The molecule has 0 aliphatic heterocycles. The van der Waals surface area contributed by atoms with Crippen LogP contribution in [0.5, 0.6) is 23.1 Å². The number of aromatic nitrogens is 1. The third kappa shape index (κ3) is 5.36. The first-order valence-corrected chi connectivity index (χ1v) is 8.76. The molecule has 0 aliphatic carbocycles. The van der Waals surface area contributed by atoms with E-state index in [0.29, 0.717) is 22.1 Å². The van der Waals surface area contributed by atoms with E-state index in [2.05, 4.69) is 15.6 Å². The molecule has 0 spiro atoms. The summed E-state index contributed by atoms with van der Waals surface area (Å²) in [6.45, 7) is 0. The van der Waals surface area contributed by atoms with Gasteiger partial charge in [0.25, 0.3) is 5.91 Å². The molecule has 0 bridgehead atoms. The van der Waals surface area contributed by atoms with Gasteiger partial charge in [0.1, 0.15) is 17.2 Å². The highest BCUT2D eigenvalue weighted by Crippen LogP contribution is 2.28. The number of hydrogen-bond donors (Lipinski definition) is 3. The molecule has 2 aromatic carbocycles. The van der Waals surface area contributed by atoms with Crippen LogP contribution in [-0.2, 0) is 0 Å². The predicted molar refractivity (Wildman–Crippen MR) is 107 cm³/mol. The third-order valence-electron chi connectivity index (χ3n) is 3.65. The Morgan fingerprint density at radius 1 is 1.07 bits per heavy atom. The number of benzene rings is 2. The first-order valence-electron chi connectivity index (χ1n) is 8.38. The van der Waals surface area contributed by atoms with E-state index >= 15 is 0 Å². The van der Waals surface area contributed by atoms with Crippen LogP contribution in [0.4, 0.5) is 10.5 Å². The van der Waals surface area contributed by atoms with Crippen molar-refractivity contribution in [3.8, 4) is 23.1 Å². The van der Waals surface area contributed by atoms with Crippen LogP contribution in [0.25, 0.3) is 0 Å². The number of aromatic hydroxyl groups is 1. The number of carbonyl (C=O) groups is 2. The molecule has 0 unspecified atom stereocenters. The van der Waals surface area contributed by atoms with E-state index in [1.807, 2.05) is 0 Å². The maximum absolute atomic E-state index is 12.5. The molecule has 3 N–H and O–H groups in total. The van der Waals surface area contributed by atoms with Gasteiger partial charge in [0.15, 0.2) is 0 Å². The van der Waals surface area contributed by atoms with E-state index in [0.717, 1.165) is 0 Å². The molecule has 9 heteroatoms. The summed E-state index contributed by atoms with van der Waals surface area (Å²) in [7, 11) is 1.43. The lowest BCUT2D eigenvalue weighted by Crippen LogP contribution is -2.22. The monoisotopic (exact) mass is 413 g/mol. The number of carbonyl (C=O) groups excluding carboxylic acids is 2. The van der Waals surface area contributed by atoms with Crippen molar-refractivity contribution in [3.05, 3.63) is 71.4 Å². The van der Waals surface area contributed by atoms with Crippen molar-refractivity contribution < 1.29 is 24.2 Å². The van der Waals surface area contributed by atoms with Gasteiger partial charge >= 0.3 is 6.09 Å². The highest BCUT2D eigenvalue weighted by atomic mass is 35.5. The molecule has 0 atom stereocenters. The average Bonchev–Trinajstić information content (AvgIpc) is 2.71. The molecule has 2 amide bonds. The summed E-state index contributed by atoms with van der Waals surface area (Å²) in [6, 6.07) is 13.8. The van der Waals surface area contributed by atoms with Crippen molar-refractivity contribution in [3.63, 3.8) is 0 Å². The smallest absolute Gasteiger partial charge is 0.413 e. The third-order valence-corrected chi connectivity index (χ3v) is 3.88. The topological polar surface area (TPSA) is 110 Å². The summed E-state index contributed by atoms with van der Waals surface area (Å²) in [5.74, 6) is 0.253. The number of nitrogens with zero attached hydrogens (tertiary/aromatic N) is 1. The predicted octanol–water partition coefficient (Wildman–Crippen LogP) is 4.20. The van der Waals surface area contributed by atoms with Crippen molar-refractivity contribution in [2.45, 2.75) is 0 Å². The number of halogens is 1. The molecule has 29 heavy (non-hydrogen) atoms. The fourth-order valence-corrected chi connectivity index (χ4v) is 2.47. The largest absolute Gasteiger partial charge is 0.506 e. The number of anilines is 1. The highest BCUT2D eigenvalue weighted by molar-refractivity contribution is 6.31. The minimum Gasteiger partial charge on any atom is -0.506 e. The number of phenolic OH excluding ortho intramolecular Hbond substituents is 1. The van der Waals surface area contributed by atoms with Crippen molar-refractivity contribution in [2.75, 3.05) is 12.4 Å². The minimum absolute atomic E-state index is 0.0622. The number of nitrogens with one attached hydrogen (secondary N) is 2. The van der Waals surface area contributed by atoms with Gasteiger partial charge < -0.3 is 25.2 Å². The molecule has 8 nitrogen and oxygen atoms in total. The first-order chi connectivity index (χ1) is 13.9. The molecular formula is C20H16ClN3O5. The van der Waals surface area contributed by atoms with Crippen LogP contribution in [0.3, 0.4) is 0 Å². The van der Waals surface area contributed by atoms with Crippen molar-refractivity contribution in [1.82, 2.24) is 10.3 Å². The summed E-state index contributed by atoms with van der Waals surface area (Å²) in [5, 5.41) is 15.1. The van der Waals surface area contributed by atoms with Crippen LogP contribution in [0.2, 0.25) is 5.02 Å². The number of phenols is 1. The van der Waals surface area contributed by atoms with Crippen LogP contribution in [-0.4, -0.2) is 29.1 Å². The van der Waals surface area contributed by atoms with Gasteiger partial charge in [-0.25, -0.2) is 9.78 Å². The van der Waals surface area contributed by atoms with Gasteiger partial charge in [0.05, 0.1) is 5.69 Å². The second kappa shape index (κ2) is 8.94. The van der Waals surface area contributed by atoms with Gasteiger partial charge in [0.2, 0.25) is 5.88 Å². The zero-order valence-corrected chi connectivity index (χ0v) is 15.9. The van der Waals surface area contributed by atoms with Crippen LogP contribution in [0.15, 0.2) is 60.8 Å². The van der Waals surface area contributed by atoms with Crippen LogP contribution in [0.1, 0.15) is 10.4 Å². The number of hydrogen-bond acceptors (Lipinski definition) is 6. The molecule has 1 heterocycles. The lowest BCUT2D eigenvalue weighted by atomic mass is 10.2. The van der Waals surface area contributed by atoms with Gasteiger partial charge in [-0.15, -0.1) is 0 Å². The van der Waals surface area contributed by atoms with E-state index in [1.54, 1.807) is 24.3 Å². The van der Waals surface area contributed by atoms with E-state index in [9.17, 15) is 14.7 Å². The Morgan fingerprint density at radius 2 is 1.86 bits per heavy atom. The Kier molecular flexibility index (Phi) is 6.16. The zero-order valence-electron chi connectivity index (χ0n) is 15.2. The fraction of sp³-hybridized carbons (Fsp3) is 0.0500. The van der Waals surface area contributed by atoms with Crippen LogP contribution >= 0.6 is 11.6 Å². The maximum Gasteiger partial charge on any atom is 0.413 e. The highest BCUT2D eigenvalue weighted by Gasteiger charge is 2.11. The standard InChI is InChI=1S/C20H16ClN3O5/c1-22-20(27)29-18-11-15(7-8-23-18)28-14-4-2-3-12(9-14)19(26)24-16-10-13(21)5-6-17(16)25/h2-11,25H,1H3,(H,22,27)(H,24,26). The molecule has 0 fully saturated rings. The molecule has 148 valence electrons. The average molecular weight is 414 g/mol. The second-order valence-electron chi connectivity index (χ2n) is 5.71. The number of rotatable bonds is 5. The molecule has 3 rings (SSSR count). The molecule has 1 aromatic heterocycles. The van der Waals surface area contributed by atoms with Crippen molar-refractivity contribution >= 4 is 29.3 Å². The summed E-state index contributed by atoms with van der Waals surface area (Å²) in [6.07, 6.45) is 0.768. The number of ether oxygens (including phenoxy) is 2. The molecular weight excluding hydrogens is 398 g/mol. The van der Waals surface area contributed by atoms with Gasteiger partial charge in [-0.2, -0.15) is 0 Å². The SMILES string of the molecule is CNC(=O)Oc1cc(Oc2cccc(C(=O)Nc3cc(Cl)ccc3O)c2)ccn1. The molecule has 0 radical (unpaired) electrons. The normalized spacial score (nSPS) is 10.1. The lowest BCUT2D eigenvalue weighted by Gasteiger charge is -2.10. The van der Waals surface area contributed by atoms with Crippen LogP contribution < -0.4 is 20.1 Å². The Balaban J connectivity index is 1.74. The molecule has 3 aromatic rings. The van der Waals surface area contributed by atoms with Crippen molar-refractivity contribution in [2.24, 2.45) is 0 Å². The van der Waals surface area contributed by atoms with Gasteiger partial charge in [-0.1, -0.05) is 17.7 Å². The Bertz CT molecular complexity index is 1060.